The van der Waals surface area contributed by atoms with E-state index < -0.39 is 0 Å². The van der Waals surface area contributed by atoms with Crippen molar-refractivity contribution >= 4 is 34.7 Å². The molecule has 0 aliphatic carbocycles. The minimum absolute atomic E-state index is 0.298. The van der Waals surface area contributed by atoms with Crippen LogP contribution in [0, 0.1) is 0 Å². The second-order valence-corrected chi connectivity index (χ2v) is 6.22. The predicted octanol–water partition coefficient (Wildman–Crippen LogP) is 3.75. The van der Waals surface area contributed by atoms with Gasteiger partial charge in [-0.25, -0.2) is 4.98 Å². The number of aromatic nitrogens is 2. The number of fused-ring (bicyclic) bond motifs is 1. The molecule has 20 heavy (non-hydrogen) atoms. The second-order valence-electron chi connectivity index (χ2n) is 4.81. The largest absolute Gasteiger partial charge is 0.354 e. The molecule has 0 bridgehead atoms. The Morgan fingerprint density at radius 2 is 2.40 bits per heavy atom. The molecule has 0 fully saturated rings. The summed E-state index contributed by atoms with van der Waals surface area (Å²) in [5.41, 5.74) is 1.39. The van der Waals surface area contributed by atoms with E-state index in [2.05, 4.69) is 38.6 Å². The summed E-state index contributed by atoms with van der Waals surface area (Å²) in [7, 11) is 0. The fraction of sp³-hybridized carbons (Fsp3) is 0.429. The molecule has 106 valence electrons. The molecule has 2 aromatic rings. The summed E-state index contributed by atoms with van der Waals surface area (Å²) in [6.45, 7) is 5.97. The van der Waals surface area contributed by atoms with Gasteiger partial charge in [-0.2, -0.15) is 4.98 Å². The fourth-order valence-corrected chi connectivity index (χ4v) is 3.76. The summed E-state index contributed by atoms with van der Waals surface area (Å²) in [6.07, 6.45) is 2.73. The number of nitrogens with one attached hydrogen (secondary N) is 1. The molecule has 0 aromatic carbocycles. The first-order valence-corrected chi connectivity index (χ1v) is 8.05. The van der Waals surface area contributed by atoms with Gasteiger partial charge in [-0.05, 0) is 37.3 Å². The zero-order valence-electron chi connectivity index (χ0n) is 11.6. The number of hydrogen-bond acceptors (Lipinski definition) is 5. The van der Waals surface area contributed by atoms with Crippen molar-refractivity contribution < 1.29 is 0 Å². The number of rotatable bonds is 3. The van der Waals surface area contributed by atoms with Crippen LogP contribution in [0.4, 0.5) is 11.8 Å². The quantitative estimate of drug-likeness (QED) is 0.937. The molecule has 0 saturated heterocycles. The SMILES string of the molecule is CCNc1ncc(Cl)c(N2CCc3sccc3C2C)n1. The van der Waals surface area contributed by atoms with Crippen molar-refractivity contribution in [2.24, 2.45) is 0 Å². The summed E-state index contributed by atoms with van der Waals surface area (Å²) >= 11 is 8.14. The lowest BCUT2D eigenvalue weighted by Crippen LogP contribution is -2.34. The minimum Gasteiger partial charge on any atom is -0.354 e. The fourth-order valence-electron chi connectivity index (χ4n) is 2.60. The van der Waals surface area contributed by atoms with Crippen molar-refractivity contribution in [2.75, 3.05) is 23.3 Å². The van der Waals surface area contributed by atoms with E-state index in [-0.39, 0.29) is 0 Å². The first-order chi connectivity index (χ1) is 9.70. The van der Waals surface area contributed by atoms with Crippen molar-refractivity contribution in [2.45, 2.75) is 26.3 Å². The number of anilines is 2. The van der Waals surface area contributed by atoms with E-state index in [9.17, 15) is 0 Å². The lowest BCUT2D eigenvalue weighted by molar-refractivity contribution is 0.624. The van der Waals surface area contributed by atoms with Crippen LogP contribution in [0.5, 0.6) is 0 Å². The van der Waals surface area contributed by atoms with Crippen molar-refractivity contribution in [3.05, 3.63) is 33.1 Å². The van der Waals surface area contributed by atoms with Crippen LogP contribution in [-0.4, -0.2) is 23.1 Å². The zero-order chi connectivity index (χ0) is 14.1. The van der Waals surface area contributed by atoms with Gasteiger partial charge in [-0.1, -0.05) is 11.6 Å². The van der Waals surface area contributed by atoms with Crippen LogP contribution < -0.4 is 10.2 Å². The van der Waals surface area contributed by atoms with Gasteiger partial charge < -0.3 is 10.2 Å². The Morgan fingerprint density at radius 1 is 1.55 bits per heavy atom. The summed E-state index contributed by atoms with van der Waals surface area (Å²) in [6, 6.07) is 2.50. The molecule has 2 aromatic heterocycles. The van der Waals surface area contributed by atoms with Crippen LogP contribution >= 0.6 is 22.9 Å². The molecule has 0 radical (unpaired) electrons. The maximum Gasteiger partial charge on any atom is 0.224 e. The molecular formula is C14H17ClN4S. The molecule has 1 aliphatic heterocycles. The van der Waals surface area contributed by atoms with E-state index in [1.54, 1.807) is 6.20 Å². The first-order valence-electron chi connectivity index (χ1n) is 6.80. The molecule has 1 unspecified atom stereocenters. The van der Waals surface area contributed by atoms with Crippen LogP contribution in [0.2, 0.25) is 5.02 Å². The topological polar surface area (TPSA) is 41.1 Å². The van der Waals surface area contributed by atoms with Gasteiger partial charge in [-0.15, -0.1) is 11.3 Å². The number of hydrogen-bond donors (Lipinski definition) is 1. The smallest absolute Gasteiger partial charge is 0.224 e. The van der Waals surface area contributed by atoms with E-state index in [4.69, 9.17) is 11.6 Å². The summed E-state index contributed by atoms with van der Waals surface area (Å²) in [5, 5.41) is 5.91. The van der Waals surface area contributed by atoms with Crippen molar-refractivity contribution in [3.63, 3.8) is 0 Å². The lowest BCUT2D eigenvalue weighted by atomic mass is 10.0. The Balaban J connectivity index is 1.95. The van der Waals surface area contributed by atoms with Gasteiger partial charge in [0.15, 0.2) is 5.82 Å². The molecule has 3 heterocycles. The molecule has 0 amide bonds. The molecule has 1 N–H and O–H groups in total. The predicted molar refractivity (Wildman–Crippen MR) is 85.0 cm³/mol. The van der Waals surface area contributed by atoms with Crippen LogP contribution in [0.15, 0.2) is 17.6 Å². The molecule has 0 saturated carbocycles. The van der Waals surface area contributed by atoms with Crippen molar-refractivity contribution in [3.8, 4) is 0 Å². The molecule has 6 heteroatoms. The van der Waals surface area contributed by atoms with Crippen LogP contribution in [0.25, 0.3) is 0 Å². The van der Waals surface area contributed by atoms with Gasteiger partial charge in [0.2, 0.25) is 5.95 Å². The Hall–Kier alpha value is -1.33. The highest BCUT2D eigenvalue weighted by atomic mass is 35.5. The van der Waals surface area contributed by atoms with E-state index in [1.165, 1.54) is 10.4 Å². The standard InChI is InChI=1S/C14H17ClN4S/c1-3-16-14-17-8-11(15)13(18-14)19-6-4-12-10(9(19)2)5-7-20-12/h5,7-9H,3-4,6H2,1-2H3,(H,16,17,18). The molecule has 3 rings (SSSR count). The summed E-state index contributed by atoms with van der Waals surface area (Å²) < 4.78 is 0. The highest BCUT2D eigenvalue weighted by Crippen LogP contribution is 2.37. The monoisotopic (exact) mass is 308 g/mol. The van der Waals surface area contributed by atoms with E-state index in [0.717, 1.165) is 25.3 Å². The Labute approximate surface area is 127 Å². The zero-order valence-corrected chi connectivity index (χ0v) is 13.1. The third-order valence-electron chi connectivity index (χ3n) is 3.61. The molecular weight excluding hydrogens is 292 g/mol. The van der Waals surface area contributed by atoms with Gasteiger partial charge in [0.25, 0.3) is 0 Å². The third-order valence-corrected chi connectivity index (χ3v) is 4.87. The van der Waals surface area contributed by atoms with E-state index in [0.29, 0.717) is 17.0 Å². The number of nitrogens with zero attached hydrogens (tertiary/aromatic N) is 3. The van der Waals surface area contributed by atoms with E-state index >= 15 is 0 Å². The molecule has 1 aliphatic rings. The Morgan fingerprint density at radius 3 is 3.20 bits per heavy atom. The van der Waals surface area contributed by atoms with Crippen LogP contribution in [0.3, 0.4) is 0 Å². The highest BCUT2D eigenvalue weighted by Gasteiger charge is 2.27. The van der Waals surface area contributed by atoms with Crippen molar-refractivity contribution in [1.82, 2.24) is 9.97 Å². The van der Waals surface area contributed by atoms with E-state index in [1.807, 2.05) is 18.3 Å². The highest BCUT2D eigenvalue weighted by molar-refractivity contribution is 7.10. The minimum atomic E-state index is 0.298. The maximum atomic E-state index is 6.30. The summed E-state index contributed by atoms with van der Waals surface area (Å²) in [4.78, 5) is 12.5. The van der Waals surface area contributed by atoms with Crippen molar-refractivity contribution in [1.29, 1.82) is 0 Å². The lowest BCUT2D eigenvalue weighted by Gasteiger charge is -2.35. The maximum absolute atomic E-state index is 6.30. The van der Waals surface area contributed by atoms with Crippen LogP contribution in [-0.2, 0) is 6.42 Å². The number of halogens is 1. The number of thiophene rings is 1. The van der Waals surface area contributed by atoms with Crippen LogP contribution in [0.1, 0.15) is 30.3 Å². The normalized spacial score (nSPS) is 17.9. The van der Waals surface area contributed by atoms with Gasteiger partial charge in [-0.3, -0.25) is 0 Å². The van der Waals surface area contributed by atoms with Gasteiger partial charge in [0, 0.05) is 18.0 Å². The van der Waals surface area contributed by atoms with Gasteiger partial charge in [0.1, 0.15) is 5.02 Å². The van der Waals surface area contributed by atoms with Gasteiger partial charge in [0.05, 0.1) is 12.2 Å². The summed E-state index contributed by atoms with van der Waals surface area (Å²) in [5.74, 6) is 1.46. The molecule has 1 atom stereocenters. The molecule has 0 spiro atoms. The average molecular weight is 309 g/mol. The Bertz CT molecular complexity index is 613. The first kappa shape index (κ1) is 13.6. The van der Waals surface area contributed by atoms with Gasteiger partial charge >= 0.3 is 0 Å². The average Bonchev–Trinajstić information content (AvgIpc) is 2.91. The third kappa shape index (κ3) is 2.36. The molecule has 4 nitrogen and oxygen atoms in total. The second kappa shape index (κ2) is 5.58. The Kier molecular flexibility index (Phi) is 3.81.